The summed E-state index contributed by atoms with van der Waals surface area (Å²) in [7, 11) is 0. The first-order chi connectivity index (χ1) is 9.66. The van der Waals surface area contributed by atoms with Gasteiger partial charge in [0.25, 0.3) is 0 Å². The number of hydrogen-bond donors (Lipinski definition) is 2. The minimum atomic E-state index is -0.825. The van der Waals surface area contributed by atoms with Crippen LogP contribution in [0.3, 0.4) is 0 Å². The van der Waals surface area contributed by atoms with E-state index in [2.05, 4.69) is 10.2 Å². The zero-order valence-corrected chi connectivity index (χ0v) is 12.5. The number of carbonyl (C=O) groups is 2. The molecule has 1 unspecified atom stereocenters. The van der Waals surface area contributed by atoms with Crippen molar-refractivity contribution >= 4 is 23.6 Å². The molecule has 2 aliphatic rings. The standard InChI is InChI=1S/C13H23N3O3S/c17-12(9-15-4-1-2-14-3-5-15)16-6-7-20-10-11(16)8-13(18)19/h11,14H,1-10H2,(H,18,19). The molecule has 20 heavy (non-hydrogen) atoms. The molecule has 0 radical (unpaired) electrons. The molecule has 0 aromatic rings. The van der Waals surface area contributed by atoms with Gasteiger partial charge in [-0.25, -0.2) is 0 Å². The summed E-state index contributed by atoms with van der Waals surface area (Å²) in [6.07, 6.45) is 1.11. The minimum Gasteiger partial charge on any atom is -0.481 e. The van der Waals surface area contributed by atoms with Crippen molar-refractivity contribution in [3.8, 4) is 0 Å². The van der Waals surface area contributed by atoms with E-state index in [9.17, 15) is 9.59 Å². The van der Waals surface area contributed by atoms with Crippen molar-refractivity contribution in [2.45, 2.75) is 18.9 Å². The molecule has 0 saturated carbocycles. The molecule has 2 aliphatic heterocycles. The molecule has 0 aliphatic carbocycles. The fourth-order valence-corrected chi connectivity index (χ4v) is 3.76. The summed E-state index contributed by atoms with van der Waals surface area (Å²) in [5.41, 5.74) is 0. The highest BCUT2D eigenvalue weighted by atomic mass is 32.2. The molecule has 7 heteroatoms. The van der Waals surface area contributed by atoms with Gasteiger partial charge in [0.2, 0.25) is 5.91 Å². The summed E-state index contributed by atoms with van der Waals surface area (Å²) >= 11 is 1.73. The maximum Gasteiger partial charge on any atom is 0.305 e. The van der Waals surface area contributed by atoms with Crippen LogP contribution in [0.2, 0.25) is 0 Å². The molecule has 6 nitrogen and oxygen atoms in total. The summed E-state index contributed by atoms with van der Waals surface area (Å²) in [5, 5.41) is 12.3. The molecule has 114 valence electrons. The van der Waals surface area contributed by atoms with E-state index in [1.54, 1.807) is 16.7 Å². The van der Waals surface area contributed by atoms with E-state index in [4.69, 9.17) is 5.11 Å². The van der Waals surface area contributed by atoms with Crippen LogP contribution in [-0.4, -0.2) is 83.6 Å². The van der Waals surface area contributed by atoms with Crippen LogP contribution in [0.15, 0.2) is 0 Å². The minimum absolute atomic E-state index is 0.0558. The quantitative estimate of drug-likeness (QED) is 0.743. The summed E-state index contributed by atoms with van der Waals surface area (Å²) in [6, 6.07) is -0.149. The fraction of sp³-hybridized carbons (Fsp3) is 0.846. The van der Waals surface area contributed by atoms with Crippen LogP contribution in [-0.2, 0) is 9.59 Å². The van der Waals surface area contributed by atoms with E-state index in [0.717, 1.165) is 44.1 Å². The second-order valence-corrected chi connectivity index (χ2v) is 6.44. The number of aliphatic carboxylic acids is 1. The number of carboxylic acid groups (broad SMARTS) is 1. The van der Waals surface area contributed by atoms with Crippen LogP contribution in [0.4, 0.5) is 0 Å². The lowest BCUT2D eigenvalue weighted by Gasteiger charge is -2.36. The van der Waals surface area contributed by atoms with Crippen LogP contribution in [0, 0.1) is 0 Å². The van der Waals surface area contributed by atoms with Crippen LogP contribution in [0.1, 0.15) is 12.8 Å². The predicted molar refractivity (Wildman–Crippen MR) is 79.0 cm³/mol. The highest BCUT2D eigenvalue weighted by molar-refractivity contribution is 7.99. The van der Waals surface area contributed by atoms with E-state index in [1.165, 1.54) is 0 Å². The van der Waals surface area contributed by atoms with Crippen molar-refractivity contribution in [3.63, 3.8) is 0 Å². The topological polar surface area (TPSA) is 72.9 Å². The average molecular weight is 301 g/mol. The molecule has 2 N–H and O–H groups in total. The smallest absolute Gasteiger partial charge is 0.305 e. The zero-order valence-electron chi connectivity index (χ0n) is 11.7. The first-order valence-corrected chi connectivity index (χ1v) is 8.34. The van der Waals surface area contributed by atoms with E-state index < -0.39 is 5.97 Å². The number of nitrogens with zero attached hydrogens (tertiary/aromatic N) is 2. The summed E-state index contributed by atoms with van der Waals surface area (Å²) in [6.45, 7) is 4.84. The summed E-state index contributed by atoms with van der Waals surface area (Å²) in [4.78, 5) is 27.3. The second-order valence-electron chi connectivity index (χ2n) is 5.29. The van der Waals surface area contributed by atoms with Crippen molar-refractivity contribution in [3.05, 3.63) is 0 Å². The molecule has 1 amide bonds. The zero-order chi connectivity index (χ0) is 14.4. The predicted octanol–water partition coefficient (Wildman–Crippen LogP) is -0.300. The van der Waals surface area contributed by atoms with Gasteiger partial charge in [0.15, 0.2) is 0 Å². The Morgan fingerprint density at radius 2 is 2.10 bits per heavy atom. The second kappa shape index (κ2) is 7.85. The number of carbonyl (C=O) groups excluding carboxylic acids is 1. The lowest BCUT2D eigenvalue weighted by atomic mass is 10.2. The maximum absolute atomic E-state index is 12.4. The Bertz CT molecular complexity index is 346. The Hall–Kier alpha value is -0.790. The van der Waals surface area contributed by atoms with Crippen LogP contribution < -0.4 is 5.32 Å². The van der Waals surface area contributed by atoms with Gasteiger partial charge >= 0.3 is 5.97 Å². The number of nitrogens with one attached hydrogen (secondary N) is 1. The molecule has 1 atom stereocenters. The van der Waals surface area contributed by atoms with Gasteiger partial charge in [0.1, 0.15) is 0 Å². The third kappa shape index (κ3) is 4.64. The SMILES string of the molecule is O=C(O)CC1CSCCN1C(=O)CN1CCCNCC1. The van der Waals surface area contributed by atoms with Gasteiger partial charge in [-0.1, -0.05) is 0 Å². The average Bonchev–Trinajstić information content (AvgIpc) is 2.67. The largest absolute Gasteiger partial charge is 0.481 e. The monoisotopic (exact) mass is 301 g/mol. The van der Waals surface area contributed by atoms with Gasteiger partial charge in [-0.05, 0) is 19.5 Å². The van der Waals surface area contributed by atoms with Crippen molar-refractivity contribution in [2.24, 2.45) is 0 Å². The Labute approximate surface area is 123 Å². The van der Waals surface area contributed by atoms with Crippen LogP contribution in [0.5, 0.6) is 0 Å². The van der Waals surface area contributed by atoms with Gasteiger partial charge in [0, 0.05) is 31.1 Å². The van der Waals surface area contributed by atoms with E-state index >= 15 is 0 Å². The van der Waals surface area contributed by atoms with Gasteiger partial charge < -0.3 is 15.3 Å². The molecule has 2 rings (SSSR count). The van der Waals surface area contributed by atoms with Crippen molar-refractivity contribution in [1.82, 2.24) is 15.1 Å². The molecular formula is C13H23N3O3S. The number of rotatable bonds is 4. The first kappa shape index (κ1) is 15.6. The molecule has 0 aromatic heterocycles. The van der Waals surface area contributed by atoms with Crippen LogP contribution >= 0.6 is 11.8 Å². The summed E-state index contributed by atoms with van der Waals surface area (Å²) < 4.78 is 0. The maximum atomic E-state index is 12.4. The molecular weight excluding hydrogens is 278 g/mol. The third-order valence-electron chi connectivity index (χ3n) is 3.75. The third-order valence-corrected chi connectivity index (χ3v) is 4.84. The Morgan fingerprint density at radius 3 is 2.90 bits per heavy atom. The van der Waals surface area contributed by atoms with Crippen LogP contribution in [0.25, 0.3) is 0 Å². The Morgan fingerprint density at radius 1 is 1.25 bits per heavy atom. The normalized spacial score (nSPS) is 25.2. The highest BCUT2D eigenvalue weighted by Crippen LogP contribution is 2.19. The van der Waals surface area contributed by atoms with E-state index in [0.29, 0.717) is 13.1 Å². The van der Waals surface area contributed by atoms with Gasteiger partial charge in [-0.3, -0.25) is 14.5 Å². The Balaban J connectivity index is 1.89. The van der Waals surface area contributed by atoms with Crippen molar-refractivity contribution in [1.29, 1.82) is 0 Å². The first-order valence-electron chi connectivity index (χ1n) is 7.19. The molecule has 2 fully saturated rings. The van der Waals surface area contributed by atoms with Crippen molar-refractivity contribution in [2.75, 3.05) is 50.8 Å². The molecule has 0 aromatic carbocycles. The van der Waals surface area contributed by atoms with E-state index in [1.807, 2.05) is 0 Å². The highest BCUT2D eigenvalue weighted by Gasteiger charge is 2.29. The number of thioether (sulfide) groups is 1. The molecule has 2 heterocycles. The number of carboxylic acids is 1. The lowest BCUT2D eigenvalue weighted by Crippen LogP contribution is -2.50. The van der Waals surface area contributed by atoms with Gasteiger partial charge in [-0.15, -0.1) is 0 Å². The van der Waals surface area contributed by atoms with Gasteiger partial charge in [-0.2, -0.15) is 11.8 Å². The van der Waals surface area contributed by atoms with E-state index in [-0.39, 0.29) is 18.4 Å². The Kier molecular flexibility index (Phi) is 6.12. The summed E-state index contributed by atoms with van der Waals surface area (Å²) in [5.74, 6) is 0.899. The lowest BCUT2D eigenvalue weighted by molar-refractivity contribution is -0.140. The number of hydrogen-bond acceptors (Lipinski definition) is 5. The fourth-order valence-electron chi connectivity index (χ4n) is 2.70. The van der Waals surface area contributed by atoms with Gasteiger partial charge in [0.05, 0.1) is 19.0 Å². The number of amides is 1. The molecule has 0 bridgehead atoms. The molecule has 2 saturated heterocycles. The van der Waals surface area contributed by atoms with Crippen molar-refractivity contribution < 1.29 is 14.7 Å². The molecule has 0 spiro atoms.